The molecule has 5 rings (SSSR count). The number of benzene rings is 1. The molecule has 2 aliphatic heterocycles. The summed E-state index contributed by atoms with van der Waals surface area (Å²) in [7, 11) is 0. The third-order valence-corrected chi connectivity index (χ3v) is 7.88. The smallest absolute Gasteiger partial charge is 0.378 e. The minimum absolute atomic E-state index is 0.0737. The van der Waals surface area contributed by atoms with E-state index >= 15 is 4.39 Å². The van der Waals surface area contributed by atoms with E-state index < -0.39 is 34.6 Å². The quantitative estimate of drug-likeness (QED) is 0.373. The molecule has 0 aliphatic carbocycles. The van der Waals surface area contributed by atoms with E-state index in [0.717, 1.165) is 25.7 Å². The van der Waals surface area contributed by atoms with Crippen molar-refractivity contribution >= 4 is 23.2 Å². The molecule has 1 atom stereocenters. The molecule has 10 nitrogen and oxygen atoms in total. The zero-order valence-electron chi connectivity index (χ0n) is 23.9. The van der Waals surface area contributed by atoms with Gasteiger partial charge >= 0.3 is 6.18 Å². The van der Waals surface area contributed by atoms with Crippen LogP contribution < -0.4 is 20.7 Å². The van der Waals surface area contributed by atoms with E-state index in [-0.39, 0.29) is 17.3 Å². The number of nitrogens with one attached hydrogen (secondary N) is 2. The zero-order chi connectivity index (χ0) is 30.7. The Morgan fingerprint density at radius 1 is 1.09 bits per heavy atom. The van der Waals surface area contributed by atoms with Crippen molar-refractivity contribution in [2.24, 2.45) is 0 Å². The number of aromatic nitrogens is 3. The fourth-order valence-electron chi connectivity index (χ4n) is 5.61. The van der Waals surface area contributed by atoms with Gasteiger partial charge in [-0.1, -0.05) is 13.8 Å². The maximum absolute atomic E-state index is 15.7. The molecule has 1 unspecified atom stereocenters. The molecule has 3 aromatic rings. The molecule has 2 fully saturated rings. The first kappa shape index (κ1) is 30.4. The fraction of sp³-hybridized carbons (Fsp3) is 0.448. The summed E-state index contributed by atoms with van der Waals surface area (Å²) in [6, 6.07) is 3.20. The highest BCUT2D eigenvalue weighted by atomic mass is 19.4. The molecule has 2 N–H and O–H groups in total. The van der Waals surface area contributed by atoms with Crippen LogP contribution in [0.25, 0.3) is 11.1 Å². The minimum atomic E-state index is -4.94. The number of carbonyl (C=O) groups excluding carboxylic acids is 1. The van der Waals surface area contributed by atoms with E-state index in [1.165, 1.54) is 24.5 Å². The standard InChI is InChI=1S/C29H33F4N7O3/c1-3-38(4-2)19-5-6-40(17-19)25-13-23(30)20(18-14-35-28(36-15-18)39-7-9-43-10-8-39)11-24(25)37-27(42)21-16-34-26(41)12-22(21)29(31,32)33/h11-16,19H,3-10,17H2,1-2H3,(H,34,41)(H,37,42). The van der Waals surface area contributed by atoms with Gasteiger partial charge in [0.25, 0.3) is 5.91 Å². The number of amides is 1. The Kier molecular flexibility index (Phi) is 8.97. The molecule has 0 radical (unpaired) electrons. The van der Waals surface area contributed by atoms with Crippen LogP contribution in [0, 0.1) is 5.82 Å². The Balaban J connectivity index is 1.52. The zero-order valence-corrected chi connectivity index (χ0v) is 23.9. The van der Waals surface area contributed by atoms with Gasteiger partial charge in [-0.2, -0.15) is 13.2 Å². The number of aromatic amines is 1. The summed E-state index contributed by atoms with van der Waals surface area (Å²) >= 11 is 0. The Morgan fingerprint density at radius 3 is 2.44 bits per heavy atom. The highest BCUT2D eigenvalue weighted by Crippen LogP contribution is 2.37. The third kappa shape index (κ3) is 6.64. The first-order chi connectivity index (χ1) is 20.6. The summed E-state index contributed by atoms with van der Waals surface area (Å²) < 4.78 is 62.2. The van der Waals surface area contributed by atoms with Crippen LogP contribution in [0.5, 0.6) is 0 Å². The van der Waals surface area contributed by atoms with Gasteiger partial charge in [-0.3, -0.25) is 14.5 Å². The molecule has 2 aliphatic rings. The summed E-state index contributed by atoms with van der Waals surface area (Å²) in [5.41, 5.74) is -2.25. The number of rotatable bonds is 8. The van der Waals surface area contributed by atoms with Gasteiger partial charge < -0.3 is 24.8 Å². The average Bonchev–Trinajstić information content (AvgIpc) is 3.48. The highest BCUT2D eigenvalue weighted by Gasteiger charge is 2.36. The second-order valence-corrected chi connectivity index (χ2v) is 10.4. The molecular formula is C29H33F4N7O3. The van der Waals surface area contributed by atoms with Gasteiger partial charge in [0.2, 0.25) is 11.5 Å². The van der Waals surface area contributed by atoms with Crippen LogP contribution in [0.4, 0.5) is 34.9 Å². The molecule has 4 heterocycles. The number of carbonyl (C=O) groups is 1. The number of halogens is 4. The Morgan fingerprint density at radius 2 is 1.79 bits per heavy atom. The van der Waals surface area contributed by atoms with Crippen molar-refractivity contribution in [2.45, 2.75) is 32.5 Å². The molecule has 230 valence electrons. The van der Waals surface area contributed by atoms with Crippen molar-refractivity contribution in [2.75, 3.05) is 67.6 Å². The highest BCUT2D eigenvalue weighted by molar-refractivity contribution is 6.07. The van der Waals surface area contributed by atoms with Crippen LogP contribution in [-0.4, -0.2) is 84.3 Å². The lowest BCUT2D eigenvalue weighted by Crippen LogP contribution is -2.37. The normalized spacial score (nSPS) is 17.5. The average molecular weight is 604 g/mol. The number of ether oxygens (including phenoxy) is 1. The SMILES string of the molecule is CCN(CC)C1CCN(c2cc(F)c(-c3cnc(N4CCOCC4)nc3)cc2NC(=O)c2c[nH]c(=O)cc2C(F)(F)F)C1. The molecule has 2 aromatic heterocycles. The van der Waals surface area contributed by atoms with E-state index in [1.54, 1.807) is 0 Å². The molecule has 0 spiro atoms. The number of hydrogen-bond acceptors (Lipinski definition) is 8. The predicted molar refractivity (Wildman–Crippen MR) is 154 cm³/mol. The first-order valence-corrected chi connectivity index (χ1v) is 14.2. The van der Waals surface area contributed by atoms with Crippen LogP contribution in [0.3, 0.4) is 0 Å². The molecule has 0 saturated carbocycles. The van der Waals surface area contributed by atoms with E-state index in [4.69, 9.17) is 4.74 Å². The number of H-pyrrole nitrogens is 1. The number of nitrogens with zero attached hydrogens (tertiary/aromatic N) is 5. The molecule has 43 heavy (non-hydrogen) atoms. The summed E-state index contributed by atoms with van der Waals surface area (Å²) in [5, 5.41) is 2.56. The van der Waals surface area contributed by atoms with Gasteiger partial charge in [0.15, 0.2) is 0 Å². The van der Waals surface area contributed by atoms with E-state index in [9.17, 15) is 22.8 Å². The molecule has 1 aromatic carbocycles. The summed E-state index contributed by atoms with van der Waals surface area (Å²) in [6.45, 7) is 9.21. The molecule has 1 amide bonds. The lowest BCUT2D eigenvalue weighted by Gasteiger charge is -2.28. The van der Waals surface area contributed by atoms with Gasteiger partial charge in [-0.05, 0) is 31.6 Å². The van der Waals surface area contributed by atoms with Crippen molar-refractivity contribution < 1.29 is 27.1 Å². The number of likely N-dealkylation sites (N-methyl/N-ethyl adjacent to an activating group) is 1. The third-order valence-electron chi connectivity index (χ3n) is 7.88. The van der Waals surface area contributed by atoms with Crippen molar-refractivity contribution in [1.29, 1.82) is 0 Å². The summed E-state index contributed by atoms with van der Waals surface area (Å²) in [6.07, 6.45) is -0.472. The van der Waals surface area contributed by atoms with Crippen molar-refractivity contribution in [3.63, 3.8) is 0 Å². The lowest BCUT2D eigenvalue weighted by atomic mass is 10.0. The monoisotopic (exact) mass is 603 g/mol. The Hall–Kier alpha value is -4.04. The first-order valence-electron chi connectivity index (χ1n) is 14.2. The lowest BCUT2D eigenvalue weighted by molar-refractivity contribution is -0.138. The van der Waals surface area contributed by atoms with E-state index in [1.807, 2.05) is 9.80 Å². The largest absolute Gasteiger partial charge is 0.417 e. The maximum Gasteiger partial charge on any atom is 0.417 e. The number of pyridine rings is 1. The van der Waals surface area contributed by atoms with Gasteiger partial charge in [0.05, 0.1) is 35.7 Å². The van der Waals surface area contributed by atoms with E-state index in [2.05, 4.69) is 39.0 Å². The van der Waals surface area contributed by atoms with Crippen LogP contribution in [0.2, 0.25) is 0 Å². The number of anilines is 3. The maximum atomic E-state index is 15.7. The molecule has 14 heteroatoms. The van der Waals surface area contributed by atoms with Gasteiger partial charge in [-0.15, -0.1) is 0 Å². The van der Waals surface area contributed by atoms with Gasteiger partial charge in [-0.25, -0.2) is 14.4 Å². The number of hydrogen-bond donors (Lipinski definition) is 2. The van der Waals surface area contributed by atoms with Gasteiger partial charge in [0, 0.05) is 68.0 Å². The summed E-state index contributed by atoms with van der Waals surface area (Å²) in [5.74, 6) is -1.22. The van der Waals surface area contributed by atoms with Crippen molar-refractivity contribution in [3.05, 3.63) is 64.1 Å². The van der Waals surface area contributed by atoms with Crippen LogP contribution in [0.15, 0.2) is 41.6 Å². The number of morpholine rings is 1. The second-order valence-electron chi connectivity index (χ2n) is 10.4. The van der Waals surface area contributed by atoms with Crippen LogP contribution >= 0.6 is 0 Å². The minimum Gasteiger partial charge on any atom is -0.378 e. The Bertz CT molecular complexity index is 1500. The van der Waals surface area contributed by atoms with Gasteiger partial charge in [0.1, 0.15) is 5.82 Å². The second kappa shape index (κ2) is 12.7. The fourth-order valence-corrected chi connectivity index (χ4v) is 5.61. The molecular weight excluding hydrogens is 570 g/mol. The molecule has 2 saturated heterocycles. The molecule has 0 bridgehead atoms. The predicted octanol–water partition coefficient (Wildman–Crippen LogP) is 4.00. The Labute approximate surface area is 245 Å². The van der Waals surface area contributed by atoms with Crippen LogP contribution in [0.1, 0.15) is 36.2 Å². The van der Waals surface area contributed by atoms with Crippen LogP contribution in [-0.2, 0) is 10.9 Å². The topological polar surface area (TPSA) is 107 Å². The summed E-state index contributed by atoms with van der Waals surface area (Å²) in [4.78, 5) is 42.0. The van der Waals surface area contributed by atoms with Crippen molar-refractivity contribution in [1.82, 2.24) is 19.9 Å². The van der Waals surface area contributed by atoms with E-state index in [0.29, 0.717) is 62.7 Å². The van der Waals surface area contributed by atoms with Crippen molar-refractivity contribution in [3.8, 4) is 11.1 Å². The number of alkyl halides is 3.